The number of alkyl halides is 3. The summed E-state index contributed by atoms with van der Waals surface area (Å²) < 4.78 is 62.1. The van der Waals surface area contributed by atoms with Crippen LogP contribution >= 0.6 is 11.6 Å². The van der Waals surface area contributed by atoms with E-state index in [1.54, 1.807) is 20.8 Å². The van der Waals surface area contributed by atoms with Gasteiger partial charge in [-0.05, 0) is 51.7 Å². The summed E-state index contributed by atoms with van der Waals surface area (Å²) in [5.74, 6) is -2.80. The molecule has 9 nitrogen and oxygen atoms in total. The monoisotopic (exact) mass is 588 g/mol. The maximum atomic E-state index is 14.4. The van der Waals surface area contributed by atoms with Gasteiger partial charge in [-0.15, -0.1) is 0 Å². The second-order valence-corrected chi connectivity index (χ2v) is 11.5. The molecule has 0 spiro atoms. The predicted molar refractivity (Wildman–Crippen MR) is 134 cm³/mol. The Bertz CT molecular complexity index is 1320. The van der Waals surface area contributed by atoms with E-state index in [1.807, 2.05) is 0 Å². The lowest BCUT2D eigenvalue weighted by atomic mass is 9.99. The summed E-state index contributed by atoms with van der Waals surface area (Å²) in [6.45, 7) is 4.47. The molecule has 1 aromatic heterocycles. The number of halogens is 5. The molecule has 0 saturated carbocycles. The van der Waals surface area contributed by atoms with Crippen LogP contribution in [0.3, 0.4) is 0 Å². The Labute approximate surface area is 232 Å². The van der Waals surface area contributed by atoms with E-state index in [-0.39, 0.29) is 67.3 Å². The molecule has 2 atom stereocenters. The van der Waals surface area contributed by atoms with Crippen LogP contribution < -0.4 is 0 Å². The number of nitrogens with zero attached hydrogens (tertiary/aromatic N) is 4. The first-order valence-corrected chi connectivity index (χ1v) is 13.0. The molecule has 2 amide bonds. The minimum absolute atomic E-state index is 0.000766. The van der Waals surface area contributed by atoms with Crippen molar-refractivity contribution in [1.29, 1.82) is 0 Å². The third-order valence-electron chi connectivity index (χ3n) is 6.86. The topological polar surface area (TPSA) is 105 Å². The summed E-state index contributed by atoms with van der Waals surface area (Å²) in [5, 5.41) is 13.5. The normalized spacial score (nSPS) is 19.5. The van der Waals surface area contributed by atoms with Gasteiger partial charge in [0.05, 0.1) is 18.8 Å². The maximum Gasteiger partial charge on any atom is 0.435 e. The van der Waals surface area contributed by atoms with Crippen molar-refractivity contribution in [2.45, 2.75) is 70.9 Å². The standard InChI is InChI=1S/C26H29ClF4N4O5/c1-25(2,3)40-24(39)34-11-14(8-19(34)23(37)38)9-21(36)33-7-6-17-20(13-33)35(32-22(17)26(29,30)31)12-15-4-5-16(27)10-18(15)28/h4-5,10,14,19H,6-9,11-13H2,1-3H3,(H,37,38)/t14?,19-/m0/s1. The predicted octanol–water partition coefficient (Wildman–Crippen LogP) is 4.73. The molecular formula is C26H29ClF4N4O5. The molecule has 218 valence electrons. The molecular weight excluding hydrogens is 560 g/mol. The zero-order chi connectivity index (χ0) is 29.6. The van der Waals surface area contributed by atoms with Crippen molar-refractivity contribution in [3.63, 3.8) is 0 Å². The number of carbonyl (C=O) groups excluding carboxylic acids is 2. The number of carbonyl (C=O) groups is 3. The molecule has 0 bridgehead atoms. The van der Waals surface area contributed by atoms with E-state index in [2.05, 4.69) is 5.10 Å². The SMILES string of the molecule is CC(C)(C)OC(=O)N1CC(CC(=O)N2CCc3c(C(F)(F)F)nn(Cc4ccc(Cl)cc4F)c3C2)C[C@H]1C(=O)O. The minimum atomic E-state index is -4.74. The van der Waals surface area contributed by atoms with Crippen LogP contribution in [0.15, 0.2) is 18.2 Å². The number of amides is 2. The fraction of sp³-hybridized carbons (Fsp3) is 0.538. The van der Waals surface area contributed by atoms with E-state index in [4.69, 9.17) is 16.3 Å². The lowest BCUT2D eigenvalue weighted by molar-refractivity contribution is -0.143. The third-order valence-corrected chi connectivity index (χ3v) is 7.09. The van der Waals surface area contributed by atoms with Crippen LogP contribution in [0.2, 0.25) is 5.02 Å². The fourth-order valence-corrected chi connectivity index (χ4v) is 5.23. The second-order valence-electron chi connectivity index (χ2n) is 11.0. The summed E-state index contributed by atoms with van der Waals surface area (Å²) in [6.07, 6.45) is -5.71. The molecule has 0 radical (unpaired) electrons. The Morgan fingerprint density at radius 1 is 1.20 bits per heavy atom. The minimum Gasteiger partial charge on any atom is -0.480 e. The van der Waals surface area contributed by atoms with Crippen molar-refractivity contribution in [3.8, 4) is 0 Å². The fourth-order valence-electron chi connectivity index (χ4n) is 5.07. The molecule has 1 aromatic carbocycles. The summed E-state index contributed by atoms with van der Waals surface area (Å²) in [4.78, 5) is 40.1. The van der Waals surface area contributed by atoms with Gasteiger partial charge in [-0.2, -0.15) is 18.3 Å². The average molecular weight is 589 g/mol. The molecule has 1 N–H and O–H groups in total. The molecule has 4 rings (SSSR count). The Balaban J connectivity index is 1.52. The van der Waals surface area contributed by atoms with Gasteiger partial charge in [0.25, 0.3) is 0 Å². The number of ether oxygens (including phenoxy) is 1. The van der Waals surface area contributed by atoms with Gasteiger partial charge in [0.2, 0.25) is 5.91 Å². The first kappa shape index (κ1) is 29.6. The molecule has 1 unspecified atom stereocenters. The molecule has 2 aromatic rings. The molecule has 0 aliphatic carbocycles. The number of likely N-dealkylation sites (tertiary alicyclic amines) is 1. The molecule has 3 heterocycles. The quantitative estimate of drug-likeness (QED) is 0.507. The number of carboxylic acid groups (broad SMARTS) is 1. The summed E-state index contributed by atoms with van der Waals surface area (Å²) in [5.41, 5.74) is -1.73. The lowest BCUT2D eigenvalue weighted by Crippen LogP contribution is -2.43. The van der Waals surface area contributed by atoms with Gasteiger partial charge in [0, 0.05) is 35.7 Å². The van der Waals surface area contributed by atoms with Gasteiger partial charge >= 0.3 is 18.2 Å². The number of benzene rings is 1. The highest BCUT2D eigenvalue weighted by Gasteiger charge is 2.44. The number of aromatic nitrogens is 2. The number of hydrogen-bond donors (Lipinski definition) is 1. The van der Waals surface area contributed by atoms with Crippen LogP contribution in [0.1, 0.15) is 56.1 Å². The zero-order valence-corrected chi connectivity index (χ0v) is 22.9. The zero-order valence-electron chi connectivity index (χ0n) is 22.1. The van der Waals surface area contributed by atoms with Gasteiger partial charge in [-0.3, -0.25) is 14.4 Å². The Morgan fingerprint density at radius 3 is 2.50 bits per heavy atom. The van der Waals surface area contributed by atoms with Crippen molar-refractivity contribution in [2.75, 3.05) is 13.1 Å². The van der Waals surface area contributed by atoms with Crippen molar-refractivity contribution >= 4 is 29.6 Å². The third kappa shape index (κ3) is 6.51. The summed E-state index contributed by atoms with van der Waals surface area (Å²) >= 11 is 5.79. The highest BCUT2D eigenvalue weighted by atomic mass is 35.5. The van der Waals surface area contributed by atoms with Gasteiger partial charge in [0.15, 0.2) is 5.69 Å². The molecule has 2 aliphatic heterocycles. The van der Waals surface area contributed by atoms with Crippen molar-refractivity contribution in [2.24, 2.45) is 5.92 Å². The van der Waals surface area contributed by atoms with E-state index < -0.39 is 53.2 Å². The molecule has 14 heteroatoms. The van der Waals surface area contributed by atoms with Crippen LogP contribution in [0.25, 0.3) is 0 Å². The Morgan fingerprint density at radius 2 is 1.90 bits per heavy atom. The Hall–Kier alpha value is -3.35. The van der Waals surface area contributed by atoms with E-state index in [0.717, 1.165) is 15.6 Å². The van der Waals surface area contributed by atoms with Crippen LogP contribution in [-0.4, -0.2) is 67.4 Å². The summed E-state index contributed by atoms with van der Waals surface area (Å²) in [6, 6.07) is 2.67. The number of rotatable bonds is 5. The van der Waals surface area contributed by atoms with Crippen LogP contribution in [0.5, 0.6) is 0 Å². The molecule has 40 heavy (non-hydrogen) atoms. The maximum absolute atomic E-state index is 14.4. The number of fused-ring (bicyclic) bond motifs is 1. The number of carboxylic acids is 1. The number of hydrogen-bond acceptors (Lipinski definition) is 5. The van der Waals surface area contributed by atoms with Gasteiger partial charge < -0.3 is 14.7 Å². The molecule has 1 fully saturated rings. The first-order chi connectivity index (χ1) is 18.5. The second kappa shape index (κ2) is 10.9. The summed E-state index contributed by atoms with van der Waals surface area (Å²) in [7, 11) is 0. The first-order valence-electron chi connectivity index (χ1n) is 12.6. The van der Waals surface area contributed by atoms with E-state index in [9.17, 15) is 37.1 Å². The van der Waals surface area contributed by atoms with Crippen molar-refractivity contribution in [1.82, 2.24) is 19.6 Å². The highest BCUT2D eigenvalue weighted by molar-refractivity contribution is 6.30. The number of aliphatic carboxylic acids is 1. The van der Waals surface area contributed by atoms with Crippen molar-refractivity contribution < 1.29 is 41.8 Å². The highest BCUT2D eigenvalue weighted by Crippen LogP contribution is 2.36. The van der Waals surface area contributed by atoms with Gasteiger partial charge in [0.1, 0.15) is 17.5 Å². The van der Waals surface area contributed by atoms with Crippen LogP contribution in [0.4, 0.5) is 22.4 Å². The largest absolute Gasteiger partial charge is 0.480 e. The van der Waals surface area contributed by atoms with Crippen LogP contribution in [0, 0.1) is 11.7 Å². The lowest BCUT2D eigenvalue weighted by Gasteiger charge is -2.29. The van der Waals surface area contributed by atoms with E-state index in [0.29, 0.717) is 0 Å². The van der Waals surface area contributed by atoms with Crippen molar-refractivity contribution in [3.05, 3.63) is 51.6 Å². The average Bonchev–Trinajstić information content (AvgIpc) is 3.41. The van der Waals surface area contributed by atoms with Gasteiger partial charge in [-0.1, -0.05) is 17.7 Å². The smallest absolute Gasteiger partial charge is 0.435 e. The molecule has 1 saturated heterocycles. The molecule has 2 aliphatic rings. The van der Waals surface area contributed by atoms with Gasteiger partial charge in [-0.25, -0.2) is 14.0 Å². The van der Waals surface area contributed by atoms with E-state index >= 15 is 0 Å². The van der Waals surface area contributed by atoms with E-state index in [1.165, 1.54) is 17.0 Å². The van der Waals surface area contributed by atoms with Crippen LogP contribution in [-0.2, 0) is 40.0 Å². The Kier molecular flexibility index (Phi) is 8.08.